The summed E-state index contributed by atoms with van der Waals surface area (Å²) in [5.41, 5.74) is 1.29. The largest absolute Gasteiger partial charge is 0.207 e. The van der Waals surface area contributed by atoms with E-state index >= 15 is 0 Å². The van der Waals surface area contributed by atoms with E-state index in [2.05, 4.69) is 20.8 Å². The van der Waals surface area contributed by atoms with Gasteiger partial charge >= 0.3 is 0 Å². The molecule has 2 rings (SSSR count). The minimum atomic E-state index is -0.0325. The molecular weight excluding hydrogens is 187 g/mol. The molecule has 1 fully saturated rings. The van der Waals surface area contributed by atoms with Crippen LogP contribution in [-0.4, -0.2) is 0 Å². The van der Waals surface area contributed by atoms with E-state index in [9.17, 15) is 4.39 Å². The van der Waals surface area contributed by atoms with Gasteiger partial charge in [0, 0.05) is 0 Å². The Balaban J connectivity index is 2.04. The van der Waals surface area contributed by atoms with Crippen LogP contribution in [0.5, 0.6) is 0 Å². The van der Waals surface area contributed by atoms with Gasteiger partial charge in [-0.15, -0.1) is 0 Å². The summed E-state index contributed by atoms with van der Waals surface area (Å²) in [5.74, 6) is 1.17. The van der Waals surface area contributed by atoms with E-state index in [1.165, 1.54) is 0 Å². The molecule has 0 radical (unpaired) electrons. The highest BCUT2D eigenvalue weighted by Gasteiger charge is 2.38. The van der Waals surface area contributed by atoms with E-state index in [1.807, 2.05) is 12.1 Å². The number of benzene rings is 1. The second-order valence-corrected chi connectivity index (χ2v) is 5.75. The maximum absolute atomic E-state index is 13.5. The maximum Gasteiger partial charge on any atom is 0.126 e. The quantitative estimate of drug-likeness (QED) is 0.640. The van der Waals surface area contributed by atoms with Crippen LogP contribution in [0.25, 0.3) is 0 Å². The molecule has 1 aromatic rings. The van der Waals surface area contributed by atoms with Crippen LogP contribution >= 0.6 is 0 Å². The summed E-state index contributed by atoms with van der Waals surface area (Å²) < 4.78 is 13.5. The Hall–Kier alpha value is -0.850. The van der Waals surface area contributed by atoms with E-state index in [0.29, 0.717) is 11.3 Å². The Bertz CT molecular complexity index is 343. The van der Waals surface area contributed by atoms with Gasteiger partial charge in [0.25, 0.3) is 0 Å². The molecule has 0 atom stereocenters. The highest BCUT2D eigenvalue weighted by atomic mass is 19.1. The van der Waals surface area contributed by atoms with Crippen molar-refractivity contribution in [2.75, 3.05) is 0 Å². The van der Waals surface area contributed by atoms with Crippen molar-refractivity contribution >= 4 is 0 Å². The van der Waals surface area contributed by atoms with Gasteiger partial charge in [-0.3, -0.25) is 0 Å². The molecule has 0 aliphatic heterocycles. The molecular formula is C14H19F. The zero-order chi connectivity index (χ0) is 11.1. The van der Waals surface area contributed by atoms with E-state index in [0.717, 1.165) is 24.3 Å². The molecule has 1 saturated carbocycles. The first-order chi connectivity index (χ1) is 6.98. The number of hydrogen-bond acceptors (Lipinski definition) is 0. The average molecular weight is 206 g/mol. The van der Waals surface area contributed by atoms with Crippen molar-refractivity contribution in [3.8, 4) is 0 Å². The third kappa shape index (κ3) is 2.06. The van der Waals surface area contributed by atoms with Crippen molar-refractivity contribution in [2.45, 2.75) is 39.5 Å². The van der Waals surface area contributed by atoms with E-state index in [-0.39, 0.29) is 5.82 Å². The highest BCUT2D eigenvalue weighted by molar-refractivity contribution is 5.24. The van der Waals surface area contributed by atoms with Crippen LogP contribution in [0.3, 0.4) is 0 Å². The van der Waals surface area contributed by atoms with Crippen LogP contribution in [0.15, 0.2) is 24.3 Å². The molecule has 0 heterocycles. The molecule has 0 amide bonds. The third-order valence-electron chi connectivity index (χ3n) is 3.71. The minimum absolute atomic E-state index is 0.0325. The van der Waals surface area contributed by atoms with Gasteiger partial charge in [-0.05, 0) is 41.7 Å². The van der Waals surface area contributed by atoms with Gasteiger partial charge in [0.15, 0.2) is 0 Å². The fourth-order valence-corrected chi connectivity index (χ4v) is 2.39. The Morgan fingerprint density at radius 1 is 1.13 bits per heavy atom. The van der Waals surface area contributed by atoms with Crippen molar-refractivity contribution < 1.29 is 4.39 Å². The number of rotatable bonds is 1. The predicted molar refractivity (Wildman–Crippen MR) is 61.3 cm³/mol. The lowest BCUT2D eigenvalue weighted by Crippen LogP contribution is -2.32. The molecule has 0 nitrogen and oxygen atoms in total. The monoisotopic (exact) mass is 206 g/mol. The Morgan fingerprint density at radius 3 is 2.27 bits per heavy atom. The average Bonchev–Trinajstić information content (AvgIpc) is 2.03. The minimum Gasteiger partial charge on any atom is -0.207 e. The van der Waals surface area contributed by atoms with E-state index in [4.69, 9.17) is 0 Å². The number of halogens is 1. The van der Waals surface area contributed by atoms with Crippen LogP contribution in [0.2, 0.25) is 0 Å². The van der Waals surface area contributed by atoms with Crippen LogP contribution < -0.4 is 0 Å². The third-order valence-corrected chi connectivity index (χ3v) is 3.71. The van der Waals surface area contributed by atoms with Gasteiger partial charge in [-0.2, -0.15) is 0 Å². The molecule has 0 N–H and O–H groups in total. The zero-order valence-corrected chi connectivity index (χ0v) is 9.76. The predicted octanol–water partition coefficient (Wildman–Crippen LogP) is 4.37. The molecule has 1 aromatic carbocycles. The lowest BCUT2D eigenvalue weighted by Gasteiger charge is -2.44. The summed E-state index contributed by atoms with van der Waals surface area (Å²) in [6.07, 6.45) is 2.29. The second-order valence-electron chi connectivity index (χ2n) is 5.75. The van der Waals surface area contributed by atoms with Crippen molar-refractivity contribution in [3.63, 3.8) is 0 Å². The van der Waals surface area contributed by atoms with Gasteiger partial charge in [-0.1, -0.05) is 39.0 Å². The van der Waals surface area contributed by atoms with Crippen LogP contribution in [0.1, 0.15) is 45.1 Å². The molecule has 0 unspecified atom stereocenters. The lowest BCUT2D eigenvalue weighted by molar-refractivity contribution is 0.113. The summed E-state index contributed by atoms with van der Waals surface area (Å²) in [6.45, 7) is 6.82. The first kappa shape index (κ1) is 10.7. The van der Waals surface area contributed by atoms with Crippen LogP contribution in [0, 0.1) is 17.2 Å². The molecule has 1 heteroatoms. The zero-order valence-electron chi connectivity index (χ0n) is 9.76. The van der Waals surface area contributed by atoms with Crippen LogP contribution in [0.4, 0.5) is 4.39 Å². The molecule has 82 valence electrons. The molecule has 0 bridgehead atoms. The standard InChI is InChI=1S/C14H19F/c1-14(2,3)11-8-10(9-11)12-6-4-5-7-13(12)15/h4-7,10-11H,8-9H2,1-3H3/t10-,11+. The maximum atomic E-state index is 13.5. The molecule has 0 saturated heterocycles. The Kier molecular flexibility index (Phi) is 2.57. The summed E-state index contributed by atoms with van der Waals surface area (Å²) in [6, 6.07) is 7.19. The highest BCUT2D eigenvalue weighted by Crippen LogP contribution is 2.50. The van der Waals surface area contributed by atoms with Crippen molar-refractivity contribution in [2.24, 2.45) is 11.3 Å². The van der Waals surface area contributed by atoms with E-state index < -0.39 is 0 Å². The van der Waals surface area contributed by atoms with Crippen molar-refractivity contribution in [1.29, 1.82) is 0 Å². The van der Waals surface area contributed by atoms with Gasteiger partial charge in [0.1, 0.15) is 5.82 Å². The molecule has 0 aromatic heterocycles. The van der Waals surface area contributed by atoms with Crippen molar-refractivity contribution in [3.05, 3.63) is 35.6 Å². The summed E-state index contributed by atoms with van der Waals surface area (Å²) >= 11 is 0. The number of hydrogen-bond donors (Lipinski definition) is 0. The lowest BCUT2D eigenvalue weighted by atomic mass is 9.61. The Morgan fingerprint density at radius 2 is 1.73 bits per heavy atom. The van der Waals surface area contributed by atoms with Gasteiger partial charge in [0.2, 0.25) is 0 Å². The summed E-state index contributed by atoms with van der Waals surface area (Å²) in [5, 5.41) is 0. The first-order valence-electron chi connectivity index (χ1n) is 5.73. The first-order valence-corrected chi connectivity index (χ1v) is 5.73. The smallest absolute Gasteiger partial charge is 0.126 e. The van der Waals surface area contributed by atoms with E-state index in [1.54, 1.807) is 12.1 Å². The SMILES string of the molecule is CC(C)(C)[C@H]1C[C@@H](c2ccccc2F)C1. The van der Waals surface area contributed by atoms with Crippen LogP contribution in [-0.2, 0) is 0 Å². The molecule has 0 spiro atoms. The van der Waals surface area contributed by atoms with Gasteiger partial charge in [0.05, 0.1) is 0 Å². The van der Waals surface area contributed by atoms with Gasteiger partial charge < -0.3 is 0 Å². The topological polar surface area (TPSA) is 0 Å². The second kappa shape index (κ2) is 3.62. The summed E-state index contributed by atoms with van der Waals surface area (Å²) in [7, 11) is 0. The fourth-order valence-electron chi connectivity index (χ4n) is 2.39. The normalized spacial score (nSPS) is 26.1. The molecule has 1 aliphatic carbocycles. The Labute approximate surface area is 91.5 Å². The summed E-state index contributed by atoms with van der Waals surface area (Å²) in [4.78, 5) is 0. The van der Waals surface area contributed by atoms with Crippen molar-refractivity contribution in [1.82, 2.24) is 0 Å². The molecule has 1 aliphatic rings. The molecule has 15 heavy (non-hydrogen) atoms. The fraction of sp³-hybridized carbons (Fsp3) is 0.571. The van der Waals surface area contributed by atoms with Gasteiger partial charge in [-0.25, -0.2) is 4.39 Å².